The van der Waals surface area contributed by atoms with E-state index in [2.05, 4.69) is 5.32 Å². The van der Waals surface area contributed by atoms with E-state index >= 15 is 0 Å². The van der Waals surface area contributed by atoms with Gasteiger partial charge < -0.3 is 24.7 Å². The Morgan fingerprint density at radius 2 is 2.08 bits per heavy atom. The number of fused-ring (bicyclic) bond motifs is 1. The quantitative estimate of drug-likeness (QED) is 0.718. The van der Waals surface area contributed by atoms with Crippen molar-refractivity contribution in [1.82, 2.24) is 9.72 Å². The smallest absolute Gasteiger partial charge is 0.269 e. The van der Waals surface area contributed by atoms with Crippen molar-refractivity contribution in [2.24, 2.45) is 5.92 Å². The lowest BCUT2D eigenvalue weighted by molar-refractivity contribution is 0.0718. The second-order valence-corrected chi connectivity index (χ2v) is 6.92. The third-order valence-corrected chi connectivity index (χ3v) is 4.44. The van der Waals surface area contributed by atoms with E-state index in [9.17, 15) is 15.0 Å². The number of aryl methyl sites for hydroxylation is 1. The number of nitrogens with one attached hydrogen (secondary N) is 1. The van der Waals surface area contributed by atoms with Gasteiger partial charge in [-0.3, -0.25) is 4.79 Å². The van der Waals surface area contributed by atoms with Gasteiger partial charge in [-0.15, -0.1) is 0 Å². The Hall–Kier alpha value is -2.05. The standard InChI is InChI=1S/C18H24N2O4/c1-12-7-14-5-6-15(24-9-13-3-4-13)8-20(14)16(12)17(23)19-18(2,10-21)11-22/h5-8,13,21-22H,3-4,9-11H2,1-2H3,(H,19,23). The Morgan fingerprint density at radius 3 is 2.71 bits per heavy atom. The molecule has 1 aliphatic carbocycles. The van der Waals surface area contributed by atoms with Gasteiger partial charge in [0, 0.05) is 5.52 Å². The number of aliphatic hydroxyl groups excluding tert-OH is 2. The Balaban J connectivity index is 1.88. The van der Waals surface area contributed by atoms with Crippen LogP contribution in [0.5, 0.6) is 5.75 Å². The molecular formula is C18H24N2O4. The van der Waals surface area contributed by atoms with Gasteiger partial charge in [-0.2, -0.15) is 0 Å². The van der Waals surface area contributed by atoms with Crippen molar-refractivity contribution in [2.75, 3.05) is 19.8 Å². The second kappa shape index (κ2) is 6.45. The minimum atomic E-state index is -1.06. The van der Waals surface area contributed by atoms with E-state index in [-0.39, 0.29) is 19.1 Å². The Morgan fingerprint density at radius 1 is 1.38 bits per heavy atom. The van der Waals surface area contributed by atoms with E-state index < -0.39 is 5.54 Å². The van der Waals surface area contributed by atoms with E-state index in [1.807, 2.05) is 31.3 Å². The normalized spacial score (nSPS) is 14.8. The molecule has 24 heavy (non-hydrogen) atoms. The summed E-state index contributed by atoms with van der Waals surface area (Å²) in [5.74, 6) is 1.05. The summed E-state index contributed by atoms with van der Waals surface area (Å²) in [7, 11) is 0. The molecule has 0 saturated heterocycles. The van der Waals surface area contributed by atoms with Gasteiger partial charge in [0.1, 0.15) is 11.4 Å². The predicted molar refractivity (Wildman–Crippen MR) is 90.4 cm³/mol. The largest absolute Gasteiger partial charge is 0.492 e. The number of aliphatic hydroxyl groups is 2. The summed E-state index contributed by atoms with van der Waals surface area (Å²) in [5, 5.41) is 21.5. The average Bonchev–Trinajstić information content (AvgIpc) is 3.33. The number of hydrogen-bond acceptors (Lipinski definition) is 4. The summed E-state index contributed by atoms with van der Waals surface area (Å²) >= 11 is 0. The van der Waals surface area contributed by atoms with Gasteiger partial charge in [0.2, 0.25) is 0 Å². The maximum atomic E-state index is 12.7. The van der Waals surface area contributed by atoms with Gasteiger partial charge in [0.25, 0.3) is 5.91 Å². The van der Waals surface area contributed by atoms with Crippen LogP contribution in [-0.2, 0) is 0 Å². The molecule has 6 heteroatoms. The number of nitrogens with zero attached hydrogens (tertiary/aromatic N) is 1. The molecule has 0 spiro atoms. The van der Waals surface area contributed by atoms with Crippen LogP contribution in [0, 0.1) is 12.8 Å². The Bertz CT molecular complexity index is 745. The highest BCUT2D eigenvalue weighted by Gasteiger charge is 2.27. The molecule has 0 aliphatic heterocycles. The van der Waals surface area contributed by atoms with Crippen LogP contribution < -0.4 is 10.1 Å². The molecule has 0 radical (unpaired) electrons. The fourth-order valence-electron chi connectivity index (χ4n) is 2.62. The summed E-state index contributed by atoms with van der Waals surface area (Å²) in [6.45, 7) is 3.49. The Labute approximate surface area is 141 Å². The molecule has 2 aromatic rings. The van der Waals surface area contributed by atoms with Crippen LogP contribution in [0.25, 0.3) is 5.52 Å². The molecule has 6 nitrogen and oxygen atoms in total. The molecule has 3 rings (SSSR count). The van der Waals surface area contributed by atoms with Gasteiger partial charge in [-0.25, -0.2) is 0 Å². The number of carbonyl (C=O) groups excluding carboxylic acids is 1. The molecule has 130 valence electrons. The van der Waals surface area contributed by atoms with E-state index in [4.69, 9.17) is 4.74 Å². The highest BCUT2D eigenvalue weighted by molar-refractivity contribution is 5.96. The molecule has 0 atom stereocenters. The van der Waals surface area contributed by atoms with Crippen molar-refractivity contribution in [3.63, 3.8) is 0 Å². The number of pyridine rings is 1. The van der Waals surface area contributed by atoms with Crippen LogP contribution in [0.2, 0.25) is 0 Å². The van der Waals surface area contributed by atoms with E-state index in [0.29, 0.717) is 18.2 Å². The minimum Gasteiger partial charge on any atom is -0.492 e. The van der Waals surface area contributed by atoms with E-state index in [1.165, 1.54) is 12.8 Å². The maximum Gasteiger partial charge on any atom is 0.269 e. The van der Waals surface area contributed by atoms with Gasteiger partial charge in [0.05, 0.1) is 31.6 Å². The predicted octanol–water partition coefficient (Wildman–Crippen LogP) is 1.51. The van der Waals surface area contributed by atoms with Gasteiger partial charge in [-0.1, -0.05) is 0 Å². The molecule has 1 fully saturated rings. The van der Waals surface area contributed by atoms with Gasteiger partial charge >= 0.3 is 0 Å². The number of rotatable bonds is 7. The third kappa shape index (κ3) is 3.39. The topological polar surface area (TPSA) is 83.2 Å². The third-order valence-electron chi connectivity index (χ3n) is 4.44. The molecule has 2 heterocycles. The molecule has 1 aliphatic rings. The SMILES string of the molecule is Cc1cc2ccc(OCC3CC3)cn2c1C(=O)NC(C)(CO)CO. The highest BCUT2D eigenvalue weighted by atomic mass is 16.5. The van der Waals surface area contributed by atoms with E-state index in [0.717, 1.165) is 16.8 Å². The van der Waals surface area contributed by atoms with Crippen LogP contribution in [0.3, 0.4) is 0 Å². The van der Waals surface area contributed by atoms with Crippen molar-refractivity contribution in [1.29, 1.82) is 0 Å². The summed E-state index contributed by atoms with van der Waals surface area (Å²) in [5.41, 5.74) is 1.14. The molecule has 1 saturated carbocycles. The monoisotopic (exact) mass is 332 g/mol. The number of ether oxygens (including phenoxy) is 1. The molecular weight excluding hydrogens is 308 g/mol. The van der Waals surface area contributed by atoms with Crippen LogP contribution in [-0.4, -0.2) is 45.9 Å². The molecule has 1 amide bonds. The minimum absolute atomic E-state index is 0.336. The van der Waals surface area contributed by atoms with Crippen LogP contribution in [0.1, 0.15) is 35.8 Å². The lowest BCUT2D eigenvalue weighted by atomic mass is 10.1. The maximum absolute atomic E-state index is 12.7. The van der Waals surface area contributed by atoms with Gasteiger partial charge in [0.15, 0.2) is 0 Å². The zero-order valence-electron chi connectivity index (χ0n) is 14.1. The lowest BCUT2D eigenvalue weighted by Crippen LogP contribution is -2.52. The molecule has 0 aromatic carbocycles. The molecule has 0 bridgehead atoms. The zero-order chi connectivity index (χ0) is 17.3. The molecule has 3 N–H and O–H groups in total. The first-order valence-electron chi connectivity index (χ1n) is 8.24. The summed E-state index contributed by atoms with van der Waals surface area (Å²) in [6.07, 6.45) is 4.26. The summed E-state index contributed by atoms with van der Waals surface area (Å²) < 4.78 is 7.59. The number of aromatic nitrogens is 1. The molecule has 2 aromatic heterocycles. The van der Waals surface area contributed by atoms with Crippen molar-refractivity contribution in [2.45, 2.75) is 32.2 Å². The molecule has 0 unspecified atom stereocenters. The fraction of sp³-hybridized carbons (Fsp3) is 0.500. The first-order valence-corrected chi connectivity index (χ1v) is 8.24. The van der Waals surface area contributed by atoms with E-state index in [1.54, 1.807) is 11.3 Å². The average molecular weight is 332 g/mol. The number of carbonyl (C=O) groups is 1. The Kier molecular flexibility index (Phi) is 4.51. The lowest BCUT2D eigenvalue weighted by Gasteiger charge is -2.26. The summed E-state index contributed by atoms with van der Waals surface area (Å²) in [6, 6.07) is 5.75. The zero-order valence-corrected chi connectivity index (χ0v) is 14.1. The summed E-state index contributed by atoms with van der Waals surface area (Å²) in [4.78, 5) is 12.7. The second-order valence-electron chi connectivity index (χ2n) is 6.92. The fourth-order valence-corrected chi connectivity index (χ4v) is 2.62. The first-order chi connectivity index (χ1) is 11.5. The van der Waals surface area contributed by atoms with Crippen molar-refractivity contribution in [3.05, 3.63) is 35.7 Å². The number of hydrogen-bond donors (Lipinski definition) is 3. The first kappa shape index (κ1) is 16.8. The van der Waals surface area contributed by atoms with Crippen LogP contribution >= 0.6 is 0 Å². The van der Waals surface area contributed by atoms with Crippen molar-refractivity contribution >= 4 is 11.4 Å². The number of amides is 1. The van der Waals surface area contributed by atoms with Crippen LogP contribution in [0.4, 0.5) is 0 Å². The van der Waals surface area contributed by atoms with Gasteiger partial charge in [-0.05, 0) is 56.4 Å². The van der Waals surface area contributed by atoms with Crippen LogP contribution in [0.15, 0.2) is 24.4 Å². The van der Waals surface area contributed by atoms with Crippen molar-refractivity contribution < 1.29 is 19.7 Å². The highest BCUT2D eigenvalue weighted by Crippen LogP contribution is 2.30. The van der Waals surface area contributed by atoms with Crippen molar-refractivity contribution in [3.8, 4) is 5.75 Å².